The highest BCUT2D eigenvalue weighted by molar-refractivity contribution is 8.01. The van der Waals surface area contributed by atoms with Gasteiger partial charge in [0.2, 0.25) is 0 Å². The summed E-state index contributed by atoms with van der Waals surface area (Å²) < 4.78 is 0. The van der Waals surface area contributed by atoms with E-state index in [4.69, 9.17) is 5.11 Å². The minimum Gasteiger partial charge on any atom is -0.480 e. The van der Waals surface area contributed by atoms with E-state index >= 15 is 0 Å². The molecule has 0 aromatic rings. The summed E-state index contributed by atoms with van der Waals surface area (Å²) in [5.41, 5.74) is 0. The molecule has 0 radical (unpaired) electrons. The Morgan fingerprint density at radius 2 is 1.80 bits per heavy atom. The van der Waals surface area contributed by atoms with Crippen LogP contribution in [-0.4, -0.2) is 21.6 Å². The third-order valence-electron chi connectivity index (χ3n) is 3.15. The van der Waals surface area contributed by atoms with Gasteiger partial charge in [0.1, 0.15) is 5.25 Å². The van der Waals surface area contributed by atoms with Gasteiger partial charge in [-0.3, -0.25) is 4.79 Å². The van der Waals surface area contributed by atoms with Crippen LogP contribution in [-0.2, 0) is 4.79 Å². The van der Waals surface area contributed by atoms with Gasteiger partial charge in [-0.2, -0.15) is 0 Å². The van der Waals surface area contributed by atoms with E-state index in [0.717, 1.165) is 5.92 Å². The number of carboxylic acid groups (broad SMARTS) is 1. The van der Waals surface area contributed by atoms with Gasteiger partial charge >= 0.3 is 5.97 Å². The second-order valence-corrected chi connectivity index (χ2v) is 6.47. The summed E-state index contributed by atoms with van der Waals surface area (Å²) >= 11 is 1.68. The van der Waals surface area contributed by atoms with Gasteiger partial charge in [0.05, 0.1) is 0 Å². The average molecular weight is 230 g/mol. The van der Waals surface area contributed by atoms with Crippen molar-refractivity contribution in [3.05, 3.63) is 0 Å². The Bertz CT molecular complexity index is 208. The van der Waals surface area contributed by atoms with Gasteiger partial charge in [-0.15, -0.1) is 11.8 Å². The van der Waals surface area contributed by atoms with Gasteiger partial charge in [0.15, 0.2) is 0 Å². The largest absolute Gasteiger partial charge is 0.480 e. The Morgan fingerprint density at radius 1 is 1.27 bits per heavy atom. The lowest BCUT2D eigenvalue weighted by Crippen LogP contribution is -2.27. The molecule has 1 rings (SSSR count). The van der Waals surface area contributed by atoms with Crippen LogP contribution in [0.3, 0.4) is 0 Å². The van der Waals surface area contributed by atoms with Gasteiger partial charge in [-0.25, -0.2) is 0 Å². The van der Waals surface area contributed by atoms with Crippen molar-refractivity contribution in [2.24, 2.45) is 11.8 Å². The molecule has 15 heavy (non-hydrogen) atoms. The van der Waals surface area contributed by atoms with Gasteiger partial charge in [-0.1, -0.05) is 20.8 Å². The van der Waals surface area contributed by atoms with E-state index < -0.39 is 5.97 Å². The molecule has 1 aliphatic rings. The van der Waals surface area contributed by atoms with Crippen LogP contribution < -0.4 is 0 Å². The Kier molecular flexibility index (Phi) is 4.97. The van der Waals surface area contributed by atoms with Crippen LogP contribution in [0.15, 0.2) is 0 Å². The van der Waals surface area contributed by atoms with E-state index in [1.54, 1.807) is 11.8 Å². The lowest BCUT2D eigenvalue weighted by molar-refractivity contribution is -0.137. The maximum atomic E-state index is 11.1. The van der Waals surface area contributed by atoms with E-state index in [9.17, 15) is 4.79 Å². The number of thioether (sulfide) groups is 1. The average Bonchev–Trinajstić information content (AvgIpc) is 2.15. The van der Waals surface area contributed by atoms with Crippen LogP contribution in [0.25, 0.3) is 0 Å². The molecule has 0 heterocycles. The summed E-state index contributed by atoms with van der Waals surface area (Å²) in [5, 5.41) is 9.46. The quantitative estimate of drug-likeness (QED) is 0.804. The zero-order valence-corrected chi connectivity index (χ0v) is 10.7. The van der Waals surface area contributed by atoms with E-state index in [1.807, 2.05) is 13.8 Å². The number of carboxylic acids is 1. The summed E-state index contributed by atoms with van der Waals surface area (Å²) in [6, 6.07) is 0. The number of hydrogen-bond donors (Lipinski definition) is 1. The van der Waals surface area contributed by atoms with E-state index in [2.05, 4.69) is 6.92 Å². The first-order valence-corrected chi connectivity index (χ1v) is 6.83. The molecule has 88 valence electrons. The second kappa shape index (κ2) is 5.78. The minimum absolute atomic E-state index is 0.219. The normalized spacial score (nSPS) is 29.1. The number of hydrogen-bond acceptors (Lipinski definition) is 2. The van der Waals surface area contributed by atoms with Gasteiger partial charge in [0.25, 0.3) is 0 Å². The highest BCUT2D eigenvalue weighted by Gasteiger charge is 2.28. The zero-order chi connectivity index (χ0) is 11.4. The molecular weight excluding hydrogens is 208 g/mol. The minimum atomic E-state index is -0.645. The Morgan fingerprint density at radius 3 is 2.20 bits per heavy atom. The monoisotopic (exact) mass is 230 g/mol. The highest BCUT2D eigenvalue weighted by atomic mass is 32.2. The predicted molar refractivity (Wildman–Crippen MR) is 65.3 cm³/mol. The first-order chi connectivity index (χ1) is 7.00. The molecular formula is C12H22O2S. The third kappa shape index (κ3) is 4.06. The van der Waals surface area contributed by atoms with Crippen LogP contribution in [0.1, 0.15) is 46.5 Å². The maximum Gasteiger partial charge on any atom is 0.316 e. The molecule has 1 saturated carbocycles. The predicted octanol–water partition coefficient (Wildman–Crippen LogP) is 3.41. The van der Waals surface area contributed by atoms with Crippen molar-refractivity contribution >= 4 is 17.7 Å². The molecule has 0 amide bonds. The van der Waals surface area contributed by atoms with Crippen LogP contribution in [0.4, 0.5) is 0 Å². The molecule has 1 aliphatic carbocycles. The fraction of sp³-hybridized carbons (Fsp3) is 0.917. The molecule has 1 N–H and O–H groups in total. The standard InChI is InChI=1S/C12H22O2S/c1-8(2)11(12(13)14)15-10-6-4-9(3)5-7-10/h8-11H,4-7H2,1-3H3,(H,13,14). The summed E-state index contributed by atoms with van der Waals surface area (Å²) in [7, 11) is 0. The van der Waals surface area contributed by atoms with Gasteiger partial charge in [0, 0.05) is 5.25 Å². The summed E-state index contributed by atoms with van der Waals surface area (Å²) in [6.07, 6.45) is 4.93. The van der Waals surface area contributed by atoms with Crippen molar-refractivity contribution < 1.29 is 9.90 Å². The molecule has 0 aromatic heterocycles. The van der Waals surface area contributed by atoms with Crippen LogP contribution in [0.2, 0.25) is 0 Å². The Hall–Kier alpha value is -0.180. The van der Waals surface area contributed by atoms with Crippen molar-refractivity contribution in [1.82, 2.24) is 0 Å². The van der Waals surface area contributed by atoms with Crippen LogP contribution >= 0.6 is 11.8 Å². The third-order valence-corrected chi connectivity index (χ3v) is 5.05. The maximum absolute atomic E-state index is 11.1. The zero-order valence-electron chi connectivity index (χ0n) is 9.90. The second-order valence-electron chi connectivity index (χ2n) is 5.02. The Labute approximate surface area is 96.8 Å². The smallest absolute Gasteiger partial charge is 0.316 e. The van der Waals surface area contributed by atoms with Crippen molar-refractivity contribution in [2.45, 2.75) is 57.0 Å². The van der Waals surface area contributed by atoms with Crippen molar-refractivity contribution in [3.8, 4) is 0 Å². The van der Waals surface area contributed by atoms with Crippen molar-refractivity contribution in [3.63, 3.8) is 0 Å². The molecule has 1 fully saturated rings. The first-order valence-electron chi connectivity index (χ1n) is 5.89. The lowest BCUT2D eigenvalue weighted by Gasteiger charge is -2.28. The molecule has 1 unspecified atom stereocenters. The molecule has 0 aromatic carbocycles. The molecule has 0 spiro atoms. The number of aliphatic carboxylic acids is 1. The summed E-state index contributed by atoms with van der Waals surface area (Å²) in [6.45, 7) is 6.28. The fourth-order valence-electron chi connectivity index (χ4n) is 2.07. The van der Waals surface area contributed by atoms with Crippen molar-refractivity contribution in [2.75, 3.05) is 0 Å². The summed E-state index contributed by atoms with van der Waals surface area (Å²) in [4.78, 5) is 11.1. The van der Waals surface area contributed by atoms with Gasteiger partial charge < -0.3 is 5.11 Å². The first kappa shape index (κ1) is 12.9. The van der Waals surface area contributed by atoms with Gasteiger partial charge in [-0.05, 0) is 37.5 Å². The van der Waals surface area contributed by atoms with E-state index in [0.29, 0.717) is 5.25 Å². The topological polar surface area (TPSA) is 37.3 Å². The fourth-order valence-corrected chi connectivity index (χ4v) is 3.46. The molecule has 0 aliphatic heterocycles. The number of rotatable bonds is 4. The molecule has 3 heteroatoms. The molecule has 1 atom stereocenters. The van der Waals surface area contributed by atoms with E-state index in [1.165, 1.54) is 25.7 Å². The molecule has 0 bridgehead atoms. The van der Waals surface area contributed by atoms with Crippen LogP contribution in [0.5, 0.6) is 0 Å². The number of carbonyl (C=O) groups is 1. The van der Waals surface area contributed by atoms with Crippen LogP contribution in [0, 0.1) is 11.8 Å². The Balaban J connectivity index is 2.41. The molecule has 0 saturated heterocycles. The van der Waals surface area contributed by atoms with Crippen molar-refractivity contribution in [1.29, 1.82) is 0 Å². The van der Waals surface area contributed by atoms with E-state index in [-0.39, 0.29) is 11.2 Å². The highest BCUT2D eigenvalue weighted by Crippen LogP contribution is 2.35. The molecule has 2 nitrogen and oxygen atoms in total. The summed E-state index contributed by atoms with van der Waals surface area (Å²) in [5.74, 6) is 0.421. The lowest BCUT2D eigenvalue weighted by atomic mass is 9.91. The SMILES string of the molecule is CC1CCC(SC(C(=O)O)C(C)C)CC1.